The summed E-state index contributed by atoms with van der Waals surface area (Å²) < 4.78 is 18.6. The highest BCUT2D eigenvalue weighted by atomic mass is 32.2. The van der Waals surface area contributed by atoms with E-state index in [2.05, 4.69) is 5.32 Å². The molecular formula is C23H19FN2O3S. The first-order chi connectivity index (χ1) is 14.5. The maximum absolute atomic E-state index is 13.4. The van der Waals surface area contributed by atoms with Crippen LogP contribution < -0.4 is 15.0 Å². The number of rotatable bonds is 5. The van der Waals surface area contributed by atoms with Gasteiger partial charge in [-0.15, -0.1) is 11.8 Å². The Hall–Kier alpha value is -3.32. The first-order valence-corrected chi connectivity index (χ1v) is 10.3. The molecule has 0 saturated carbocycles. The summed E-state index contributed by atoms with van der Waals surface area (Å²) in [6, 6.07) is 20.2. The van der Waals surface area contributed by atoms with Gasteiger partial charge in [-0.2, -0.15) is 0 Å². The van der Waals surface area contributed by atoms with E-state index in [1.165, 1.54) is 30.0 Å². The molecule has 1 aliphatic rings. The number of benzene rings is 3. The van der Waals surface area contributed by atoms with Crippen molar-refractivity contribution in [2.24, 2.45) is 0 Å². The zero-order valence-electron chi connectivity index (χ0n) is 16.2. The van der Waals surface area contributed by atoms with Crippen LogP contribution in [0.25, 0.3) is 0 Å². The highest BCUT2D eigenvalue weighted by Gasteiger charge is 2.34. The number of nitrogens with one attached hydrogen (secondary N) is 1. The minimum absolute atomic E-state index is 0.0179. The average Bonchev–Trinajstić information content (AvgIpc) is 3.15. The van der Waals surface area contributed by atoms with E-state index in [0.717, 1.165) is 17.0 Å². The Bertz CT molecular complexity index is 1090. The minimum atomic E-state index is -0.465. The van der Waals surface area contributed by atoms with Crippen LogP contribution in [-0.4, -0.2) is 24.7 Å². The maximum atomic E-state index is 13.4. The van der Waals surface area contributed by atoms with Crippen LogP contribution in [-0.2, 0) is 4.79 Å². The summed E-state index contributed by atoms with van der Waals surface area (Å²) in [5.74, 6) is 0.249. The highest BCUT2D eigenvalue weighted by molar-refractivity contribution is 8.00. The van der Waals surface area contributed by atoms with Crippen molar-refractivity contribution in [1.82, 2.24) is 0 Å². The fourth-order valence-electron chi connectivity index (χ4n) is 3.30. The third kappa shape index (κ3) is 4.16. The van der Waals surface area contributed by atoms with Crippen molar-refractivity contribution in [3.63, 3.8) is 0 Å². The molecular weight excluding hydrogens is 403 g/mol. The zero-order valence-corrected chi connectivity index (χ0v) is 17.0. The third-order valence-electron chi connectivity index (χ3n) is 4.73. The van der Waals surface area contributed by atoms with E-state index in [1.54, 1.807) is 24.1 Å². The molecule has 3 aromatic carbocycles. The lowest BCUT2D eigenvalue weighted by Crippen LogP contribution is -2.27. The van der Waals surface area contributed by atoms with Crippen LogP contribution in [0.1, 0.15) is 21.3 Å². The first kappa shape index (κ1) is 20.0. The summed E-state index contributed by atoms with van der Waals surface area (Å²) in [7, 11) is 1.60. The van der Waals surface area contributed by atoms with Gasteiger partial charge in [0, 0.05) is 16.9 Å². The number of hydrogen-bond donors (Lipinski definition) is 1. The smallest absolute Gasteiger partial charge is 0.255 e. The van der Waals surface area contributed by atoms with E-state index in [4.69, 9.17) is 4.74 Å². The number of amides is 2. The van der Waals surface area contributed by atoms with Crippen molar-refractivity contribution >= 4 is 35.0 Å². The predicted molar refractivity (Wildman–Crippen MR) is 116 cm³/mol. The monoisotopic (exact) mass is 422 g/mol. The van der Waals surface area contributed by atoms with Gasteiger partial charge >= 0.3 is 0 Å². The Morgan fingerprint density at radius 1 is 1.10 bits per heavy atom. The summed E-state index contributed by atoms with van der Waals surface area (Å²) >= 11 is 1.53. The topological polar surface area (TPSA) is 58.6 Å². The molecule has 1 N–H and O–H groups in total. The van der Waals surface area contributed by atoms with E-state index in [0.29, 0.717) is 11.4 Å². The number of carbonyl (C=O) groups excluding carboxylic acids is 2. The molecule has 5 nitrogen and oxygen atoms in total. The number of ether oxygens (including phenoxy) is 1. The fourth-order valence-corrected chi connectivity index (χ4v) is 4.46. The van der Waals surface area contributed by atoms with Crippen LogP contribution in [0.15, 0.2) is 72.8 Å². The quantitative estimate of drug-likeness (QED) is 0.638. The van der Waals surface area contributed by atoms with Crippen LogP contribution >= 0.6 is 11.8 Å². The van der Waals surface area contributed by atoms with Crippen LogP contribution in [0.5, 0.6) is 5.75 Å². The van der Waals surface area contributed by atoms with Crippen molar-refractivity contribution in [2.75, 3.05) is 23.1 Å². The number of halogens is 1. The maximum Gasteiger partial charge on any atom is 0.255 e. The molecule has 0 aliphatic carbocycles. The second-order valence-electron chi connectivity index (χ2n) is 6.72. The van der Waals surface area contributed by atoms with Crippen LogP contribution in [0.3, 0.4) is 0 Å². The molecule has 1 unspecified atom stereocenters. The zero-order chi connectivity index (χ0) is 21.1. The largest absolute Gasteiger partial charge is 0.497 e. The molecule has 1 fully saturated rings. The molecule has 0 radical (unpaired) electrons. The molecule has 152 valence electrons. The molecule has 1 aliphatic heterocycles. The van der Waals surface area contributed by atoms with Crippen LogP contribution in [0.2, 0.25) is 0 Å². The minimum Gasteiger partial charge on any atom is -0.497 e. The standard InChI is InChI=1S/C23H19FN2O3S/c1-29-20-10-8-19(9-11-20)26-21(27)14-30-23(26)16-5-3-7-18(13-16)25-22(28)15-4-2-6-17(24)12-15/h2-13,23H,14H2,1H3,(H,25,28). The molecule has 7 heteroatoms. The molecule has 0 spiro atoms. The van der Waals surface area contributed by atoms with Crippen molar-refractivity contribution in [2.45, 2.75) is 5.37 Å². The summed E-state index contributed by atoms with van der Waals surface area (Å²) in [6.45, 7) is 0. The Kier molecular flexibility index (Phi) is 5.72. The summed E-state index contributed by atoms with van der Waals surface area (Å²) in [5.41, 5.74) is 2.49. The molecule has 1 atom stereocenters. The number of anilines is 2. The van der Waals surface area contributed by atoms with E-state index in [-0.39, 0.29) is 16.8 Å². The van der Waals surface area contributed by atoms with Crippen molar-refractivity contribution < 1.29 is 18.7 Å². The second kappa shape index (κ2) is 8.59. The van der Waals surface area contributed by atoms with Gasteiger partial charge in [0.25, 0.3) is 5.91 Å². The predicted octanol–water partition coefficient (Wildman–Crippen LogP) is 4.87. The molecule has 3 aromatic rings. The second-order valence-corrected chi connectivity index (χ2v) is 7.78. The lowest BCUT2D eigenvalue weighted by atomic mass is 10.1. The van der Waals surface area contributed by atoms with Crippen LogP contribution in [0, 0.1) is 5.82 Å². The van der Waals surface area contributed by atoms with E-state index in [9.17, 15) is 14.0 Å². The number of methoxy groups -OCH3 is 1. The third-order valence-corrected chi connectivity index (χ3v) is 5.95. The van der Waals surface area contributed by atoms with Gasteiger partial charge in [-0.3, -0.25) is 14.5 Å². The fraction of sp³-hybridized carbons (Fsp3) is 0.130. The van der Waals surface area contributed by atoms with Crippen molar-refractivity contribution in [1.29, 1.82) is 0 Å². The molecule has 1 saturated heterocycles. The Morgan fingerprint density at radius 2 is 1.87 bits per heavy atom. The van der Waals surface area contributed by atoms with Crippen molar-refractivity contribution in [3.05, 3.63) is 89.7 Å². The van der Waals surface area contributed by atoms with E-state index < -0.39 is 11.7 Å². The van der Waals surface area contributed by atoms with Gasteiger partial charge in [-0.25, -0.2) is 4.39 Å². The van der Waals surface area contributed by atoms with Gasteiger partial charge in [0.15, 0.2) is 0 Å². The average molecular weight is 422 g/mol. The molecule has 4 rings (SSSR count). The molecule has 0 bridgehead atoms. The molecule has 2 amide bonds. The lowest BCUT2D eigenvalue weighted by Gasteiger charge is -2.25. The van der Waals surface area contributed by atoms with E-state index in [1.807, 2.05) is 42.5 Å². The first-order valence-electron chi connectivity index (χ1n) is 9.30. The van der Waals surface area contributed by atoms with E-state index >= 15 is 0 Å². The highest BCUT2D eigenvalue weighted by Crippen LogP contribution is 2.42. The Balaban J connectivity index is 1.57. The normalized spacial score (nSPS) is 15.9. The SMILES string of the molecule is COc1ccc(N2C(=O)CSC2c2cccc(NC(=O)c3cccc(F)c3)c2)cc1. The summed E-state index contributed by atoms with van der Waals surface area (Å²) in [4.78, 5) is 26.7. The Morgan fingerprint density at radius 3 is 2.60 bits per heavy atom. The van der Waals surface area contributed by atoms with Gasteiger partial charge in [-0.1, -0.05) is 18.2 Å². The Labute approximate surface area is 177 Å². The van der Waals surface area contributed by atoms with Gasteiger partial charge < -0.3 is 10.1 Å². The molecule has 30 heavy (non-hydrogen) atoms. The number of carbonyl (C=O) groups is 2. The van der Waals surface area contributed by atoms with Gasteiger partial charge in [0.2, 0.25) is 5.91 Å². The number of thioether (sulfide) groups is 1. The summed E-state index contributed by atoms with van der Waals surface area (Å²) in [6.07, 6.45) is 0. The lowest BCUT2D eigenvalue weighted by molar-refractivity contribution is -0.115. The van der Waals surface area contributed by atoms with Gasteiger partial charge in [0.1, 0.15) is 16.9 Å². The van der Waals surface area contributed by atoms with Crippen LogP contribution in [0.4, 0.5) is 15.8 Å². The molecule has 1 heterocycles. The van der Waals surface area contributed by atoms with Gasteiger partial charge in [-0.05, 0) is 60.2 Å². The number of nitrogens with zero attached hydrogens (tertiary/aromatic N) is 1. The number of hydrogen-bond acceptors (Lipinski definition) is 4. The van der Waals surface area contributed by atoms with Crippen molar-refractivity contribution in [3.8, 4) is 5.75 Å². The molecule has 0 aromatic heterocycles. The van der Waals surface area contributed by atoms with Gasteiger partial charge in [0.05, 0.1) is 12.9 Å². The summed E-state index contributed by atoms with van der Waals surface area (Å²) in [5, 5.41) is 2.58.